The fourth-order valence-electron chi connectivity index (χ4n) is 1.58. The summed E-state index contributed by atoms with van der Waals surface area (Å²) in [5.74, 6) is 0.498. The first-order valence-electron chi connectivity index (χ1n) is 6.06. The van der Waals surface area contributed by atoms with Crippen molar-refractivity contribution < 1.29 is 9.53 Å². The fraction of sp³-hybridized carbons (Fsp3) is 0.667. The third kappa shape index (κ3) is 5.46. The second-order valence-corrected chi connectivity index (χ2v) is 5.37. The molecule has 2 amide bonds. The Morgan fingerprint density at radius 2 is 2.33 bits per heavy atom. The third-order valence-corrected chi connectivity index (χ3v) is 3.24. The molecule has 0 radical (unpaired) electrons. The second-order valence-electron chi connectivity index (χ2n) is 4.45. The average Bonchev–Trinajstić information content (AvgIpc) is 2.81. The normalized spacial score (nSPS) is 12.4. The van der Waals surface area contributed by atoms with Crippen molar-refractivity contribution in [1.82, 2.24) is 15.6 Å². The van der Waals surface area contributed by atoms with Gasteiger partial charge in [-0.25, -0.2) is 9.78 Å². The van der Waals surface area contributed by atoms with Crippen LogP contribution in [0.2, 0.25) is 0 Å². The van der Waals surface area contributed by atoms with Crippen LogP contribution in [0.1, 0.15) is 31.3 Å². The highest BCUT2D eigenvalue weighted by atomic mass is 32.1. The smallest absolute Gasteiger partial charge is 0.315 e. The molecule has 1 unspecified atom stereocenters. The molecular weight excluding hydrogens is 250 g/mol. The zero-order valence-corrected chi connectivity index (χ0v) is 11.9. The molecule has 0 spiro atoms. The Balaban J connectivity index is 2.48. The van der Waals surface area contributed by atoms with Crippen LogP contribution in [0.3, 0.4) is 0 Å². The van der Waals surface area contributed by atoms with Gasteiger partial charge in [-0.1, -0.05) is 13.8 Å². The summed E-state index contributed by atoms with van der Waals surface area (Å²) in [5, 5.41) is 8.58. The van der Waals surface area contributed by atoms with Crippen molar-refractivity contribution in [2.75, 3.05) is 20.3 Å². The number of nitrogens with one attached hydrogen (secondary N) is 2. The molecule has 2 N–H and O–H groups in total. The molecule has 0 aliphatic heterocycles. The van der Waals surface area contributed by atoms with Crippen molar-refractivity contribution in [2.24, 2.45) is 5.92 Å². The Bertz CT molecular complexity index is 341. The van der Waals surface area contributed by atoms with Crippen LogP contribution >= 0.6 is 11.3 Å². The molecule has 1 heterocycles. The van der Waals surface area contributed by atoms with Gasteiger partial charge in [0.25, 0.3) is 0 Å². The molecule has 1 aromatic rings. The van der Waals surface area contributed by atoms with Gasteiger partial charge >= 0.3 is 6.03 Å². The predicted molar refractivity (Wildman–Crippen MR) is 72.7 cm³/mol. The van der Waals surface area contributed by atoms with E-state index in [1.165, 1.54) is 0 Å². The third-order valence-electron chi connectivity index (χ3n) is 2.35. The van der Waals surface area contributed by atoms with Crippen LogP contribution < -0.4 is 10.6 Å². The summed E-state index contributed by atoms with van der Waals surface area (Å²) >= 11 is 1.57. The maximum atomic E-state index is 11.7. The van der Waals surface area contributed by atoms with Crippen LogP contribution in [0.15, 0.2) is 11.6 Å². The van der Waals surface area contributed by atoms with Crippen molar-refractivity contribution in [2.45, 2.75) is 26.3 Å². The lowest BCUT2D eigenvalue weighted by Crippen LogP contribution is -2.39. The Morgan fingerprint density at radius 3 is 2.89 bits per heavy atom. The lowest BCUT2D eigenvalue weighted by atomic mass is 10.0. The SMILES string of the molecule is COCCNC(=O)NC(CC(C)C)c1nccs1. The summed E-state index contributed by atoms with van der Waals surface area (Å²) in [4.78, 5) is 16.0. The molecule has 1 atom stereocenters. The highest BCUT2D eigenvalue weighted by molar-refractivity contribution is 7.09. The molecule has 1 aromatic heterocycles. The maximum absolute atomic E-state index is 11.7. The molecule has 5 nitrogen and oxygen atoms in total. The van der Waals surface area contributed by atoms with E-state index >= 15 is 0 Å². The Morgan fingerprint density at radius 1 is 1.56 bits per heavy atom. The van der Waals surface area contributed by atoms with E-state index in [1.54, 1.807) is 24.6 Å². The summed E-state index contributed by atoms with van der Waals surface area (Å²) in [6.07, 6.45) is 2.64. The summed E-state index contributed by atoms with van der Waals surface area (Å²) in [6, 6.07) is -0.194. The number of hydrogen-bond donors (Lipinski definition) is 2. The van der Waals surface area contributed by atoms with Gasteiger partial charge in [-0.2, -0.15) is 0 Å². The van der Waals surface area contributed by atoms with Gasteiger partial charge in [-0.3, -0.25) is 0 Å². The molecule has 102 valence electrons. The van der Waals surface area contributed by atoms with Crippen LogP contribution in [0, 0.1) is 5.92 Å². The zero-order valence-electron chi connectivity index (χ0n) is 11.1. The van der Waals surface area contributed by atoms with Gasteiger partial charge in [-0.15, -0.1) is 11.3 Å². The van der Waals surface area contributed by atoms with E-state index in [0.29, 0.717) is 19.1 Å². The van der Waals surface area contributed by atoms with E-state index in [9.17, 15) is 4.79 Å². The van der Waals surface area contributed by atoms with Gasteiger partial charge in [0.15, 0.2) is 0 Å². The number of urea groups is 1. The number of hydrogen-bond acceptors (Lipinski definition) is 4. The molecule has 0 aromatic carbocycles. The van der Waals surface area contributed by atoms with Crippen LogP contribution in [0.5, 0.6) is 0 Å². The Kier molecular flexibility index (Phi) is 6.67. The van der Waals surface area contributed by atoms with Crippen LogP contribution in [0.4, 0.5) is 4.79 Å². The van der Waals surface area contributed by atoms with E-state index < -0.39 is 0 Å². The van der Waals surface area contributed by atoms with Crippen molar-refractivity contribution >= 4 is 17.4 Å². The molecule has 18 heavy (non-hydrogen) atoms. The first kappa shape index (κ1) is 14.9. The molecule has 0 saturated heterocycles. The van der Waals surface area contributed by atoms with E-state index in [-0.39, 0.29) is 12.1 Å². The highest BCUT2D eigenvalue weighted by Gasteiger charge is 2.17. The number of ether oxygens (including phenoxy) is 1. The molecule has 6 heteroatoms. The number of carbonyl (C=O) groups is 1. The second kappa shape index (κ2) is 8.05. The molecule has 1 rings (SSSR count). The number of amides is 2. The summed E-state index contributed by atoms with van der Waals surface area (Å²) in [6.45, 7) is 5.28. The van der Waals surface area contributed by atoms with Gasteiger partial charge in [0.2, 0.25) is 0 Å². The number of aromatic nitrogens is 1. The van der Waals surface area contributed by atoms with Crippen LogP contribution in [-0.2, 0) is 4.74 Å². The van der Waals surface area contributed by atoms with Gasteiger partial charge < -0.3 is 15.4 Å². The molecule has 0 aliphatic rings. The maximum Gasteiger partial charge on any atom is 0.315 e. The summed E-state index contributed by atoms with van der Waals surface area (Å²) in [5.41, 5.74) is 0. The fourth-order valence-corrected chi connectivity index (χ4v) is 2.28. The summed E-state index contributed by atoms with van der Waals surface area (Å²) < 4.78 is 4.88. The van der Waals surface area contributed by atoms with Crippen LogP contribution in [-0.4, -0.2) is 31.3 Å². The van der Waals surface area contributed by atoms with Gasteiger partial charge in [-0.05, 0) is 12.3 Å². The molecule has 0 aliphatic carbocycles. The average molecular weight is 271 g/mol. The number of carbonyl (C=O) groups excluding carboxylic acids is 1. The van der Waals surface area contributed by atoms with Gasteiger partial charge in [0.05, 0.1) is 12.6 Å². The molecule has 0 bridgehead atoms. The van der Waals surface area contributed by atoms with Gasteiger partial charge in [0, 0.05) is 25.2 Å². The zero-order chi connectivity index (χ0) is 13.4. The number of nitrogens with zero attached hydrogens (tertiary/aromatic N) is 1. The highest BCUT2D eigenvalue weighted by Crippen LogP contribution is 2.22. The summed E-state index contributed by atoms with van der Waals surface area (Å²) in [7, 11) is 1.61. The molecular formula is C12H21N3O2S. The van der Waals surface area contributed by atoms with Crippen molar-refractivity contribution in [1.29, 1.82) is 0 Å². The number of rotatable bonds is 7. The van der Waals surface area contributed by atoms with Crippen molar-refractivity contribution in [3.8, 4) is 0 Å². The van der Waals surface area contributed by atoms with Crippen LogP contribution in [0.25, 0.3) is 0 Å². The minimum atomic E-state index is -0.173. The number of methoxy groups -OCH3 is 1. The minimum Gasteiger partial charge on any atom is -0.383 e. The lowest BCUT2D eigenvalue weighted by molar-refractivity contribution is 0.194. The quantitative estimate of drug-likeness (QED) is 0.747. The topological polar surface area (TPSA) is 63.2 Å². The number of thiazole rings is 1. The minimum absolute atomic E-state index is 0.0208. The Labute approximate surface area is 112 Å². The van der Waals surface area contributed by atoms with Gasteiger partial charge in [0.1, 0.15) is 5.01 Å². The predicted octanol–water partition coefficient (Wildman–Crippen LogP) is 2.18. The lowest BCUT2D eigenvalue weighted by Gasteiger charge is -2.18. The standard InChI is InChI=1S/C12H21N3O2S/c1-9(2)8-10(11-13-5-7-18-11)15-12(16)14-4-6-17-3/h5,7,9-10H,4,6,8H2,1-3H3,(H2,14,15,16). The van der Waals surface area contributed by atoms with E-state index in [0.717, 1.165) is 11.4 Å². The van der Waals surface area contributed by atoms with Crippen molar-refractivity contribution in [3.05, 3.63) is 16.6 Å². The first-order chi connectivity index (χ1) is 8.63. The van der Waals surface area contributed by atoms with E-state index in [4.69, 9.17) is 4.74 Å². The van der Waals surface area contributed by atoms with E-state index in [2.05, 4.69) is 29.5 Å². The first-order valence-corrected chi connectivity index (χ1v) is 6.94. The van der Waals surface area contributed by atoms with Crippen molar-refractivity contribution in [3.63, 3.8) is 0 Å². The molecule has 0 saturated carbocycles. The molecule has 0 fully saturated rings. The Hall–Kier alpha value is -1.14. The monoisotopic (exact) mass is 271 g/mol. The largest absolute Gasteiger partial charge is 0.383 e. The van der Waals surface area contributed by atoms with E-state index in [1.807, 2.05) is 5.38 Å².